The van der Waals surface area contributed by atoms with E-state index in [1.807, 2.05) is 25.1 Å². The summed E-state index contributed by atoms with van der Waals surface area (Å²) in [4.78, 5) is 11.6. The summed E-state index contributed by atoms with van der Waals surface area (Å²) < 4.78 is 4.86. The summed E-state index contributed by atoms with van der Waals surface area (Å²) in [7, 11) is 0. The Bertz CT molecular complexity index is 546. The van der Waals surface area contributed by atoms with Crippen LogP contribution >= 0.6 is 0 Å². The fourth-order valence-electron chi connectivity index (χ4n) is 1.71. The monoisotopic (exact) mass is 230 g/mol. The molecule has 1 N–H and O–H groups in total. The van der Waals surface area contributed by atoms with Gasteiger partial charge in [-0.15, -0.1) is 0 Å². The summed E-state index contributed by atoms with van der Waals surface area (Å²) >= 11 is 0. The molecule has 0 saturated heterocycles. The Morgan fingerprint density at radius 2 is 1.88 bits per heavy atom. The van der Waals surface area contributed by atoms with Crippen molar-refractivity contribution in [2.45, 2.75) is 6.92 Å². The first kappa shape index (κ1) is 11.6. The topological polar surface area (TPSA) is 46.5 Å². The maximum absolute atomic E-state index is 11.6. The molecule has 88 valence electrons. The molecule has 0 aliphatic rings. The lowest BCUT2D eigenvalue weighted by molar-refractivity contribution is 0.0434. The molecule has 0 fully saturated rings. The predicted octanol–water partition coefficient (Wildman–Crippen LogP) is 2.30. The van der Waals surface area contributed by atoms with Gasteiger partial charge in [-0.05, 0) is 29.8 Å². The number of ether oxygens (including phenoxy) is 1. The Kier molecular flexibility index (Phi) is 3.40. The zero-order chi connectivity index (χ0) is 12.3. The normalized spacial score (nSPS) is 10.5. The van der Waals surface area contributed by atoms with Gasteiger partial charge in [-0.1, -0.05) is 29.8 Å². The van der Waals surface area contributed by atoms with Crippen molar-refractivity contribution in [3.05, 3.63) is 47.5 Å². The number of carbonyl (C=O) groups excluding carboxylic acids is 1. The number of aryl methyl sites for hydroxylation is 1. The highest BCUT2D eigenvalue weighted by atomic mass is 16.5. The summed E-state index contributed by atoms with van der Waals surface area (Å²) in [6.45, 7) is 1.91. The van der Waals surface area contributed by atoms with Gasteiger partial charge >= 0.3 is 5.97 Å². The maximum atomic E-state index is 11.6. The lowest BCUT2D eigenvalue weighted by Crippen LogP contribution is -2.08. The highest BCUT2D eigenvalue weighted by Gasteiger charge is 2.07. The summed E-state index contributed by atoms with van der Waals surface area (Å²) in [5.74, 6) is -0.401. The third-order valence-electron chi connectivity index (χ3n) is 2.56. The van der Waals surface area contributed by atoms with Crippen molar-refractivity contribution in [2.24, 2.45) is 0 Å². The molecule has 0 aromatic heterocycles. The van der Waals surface area contributed by atoms with Gasteiger partial charge in [0, 0.05) is 0 Å². The lowest BCUT2D eigenvalue weighted by Gasteiger charge is -2.05. The Labute approximate surface area is 99.6 Å². The molecule has 2 aromatic rings. The molecule has 0 saturated carbocycles. The molecule has 0 amide bonds. The quantitative estimate of drug-likeness (QED) is 0.823. The van der Waals surface area contributed by atoms with E-state index in [9.17, 15) is 4.79 Å². The fraction of sp³-hybridized carbons (Fsp3) is 0.214. The zero-order valence-corrected chi connectivity index (χ0v) is 9.64. The molecule has 0 spiro atoms. The predicted molar refractivity (Wildman–Crippen MR) is 66.1 cm³/mol. The average molecular weight is 230 g/mol. The smallest absolute Gasteiger partial charge is 0.338 e. The number of aliphatic hydroxyl groups excluding tert-OH is 1. The second-order valence-electron chi connectivity index (χ2n) is 3.92. The van der Waals surface area contributed by atoms with Gasteiger partial charge < -0.3 is 9.84 Å². The standard InChI is InChI=1S/C14H14O3/c1-10-2-3-12-9-13(5-4-11(12)8-10)14(16)17-7-6-15/h2-5,8-9,15H,6-7H2,1H3. The molecule has 3 nitrogen and oxygen atoms in total. The van der Waals surface area contributed by atoms with E-state index in [1.165, 1.54) is 5.56 Å². The number of carbonyl (C=O) groups is 1. The molecule has 0 aliphatic heterocycles. The zero-order valence-electron chi connectivity index (χ0n) is 9.64. The fourth-order valence-corrected chi connectivity index (χ4v) is 1.71. The van der Waals surface area contributed by atoms with E-state index in [0.29, 0.717) is 5.56 Å². The van der Waals surface area contributed by atoms with E-state index < -0.39 is 5.97 Å². The molecule has 2 rings (SSSR count). The highest BCUT2D eigenvalue weighted by Crippen LogP contribution is 2.18. The van der Waals surface area contributed by atoms with E-state index in [2.05, 4.69) is 6.07 Å². The molecule has 0 radical (unpaired) electrons. The van der Waals surface area contributed by atoms with Crippen LogP contribution in [-0.2, 0) is 4.74 Å². The second-order valence-corrected chi connectivity index (χ2v) is 3.92. The minimum atomic E-state index is -0.401. The molecule has 0 heterocycles. The van der Waals surface area contributed by atoms with Gasteiger partial charge in [0.25, 0.3) is 0 Å². The summed E-state index contributed by atoms with van der Waals surface area (Å²) in [5, 5.41) is 10.7. The first-order valence-corrected chi connectivity index (χ1v) is 5.49. The van der Waals surface area contributed by atoms with Crippen molar-refractivity contribution in [3.8, 4) is 0 Å². The molecular weight excluding hydrogens is 216 g/mol. The number of hydrogen-bond donors (Lipinski definition) is 1. The van der Waals surface area contributed by atoms with Gasteiger partial charge in [-0.3, -0.25) is 0 Å². The Balaban J connectivity index is 2.31. The Hall–Kier alpha value is -1.87. The Morgan fingerprint density at radius 3 is 2.65 bits per heavy atom. The average Bonchev–Trinajstić information content (AvgIpc) is 2.35. The van der Waals surface area contributed by atoms with E-state index in [-0.39, 0.29) is 13.2 Å². The van der Waals surface area contributed by atoms with Crippen LogP contribution in [0, 0.1) is 6.92 Å². The molecule has 0 bridgehead atoms. The second kappa shape index (κ2) is 4.97. The summed E-state index contributed by atoms with van der Waals surface area (Å²) in [6, 6.07) is 11.5. The van der Waals surface area contributed by atoms with Gasteiger partial charge in [0.2, 0.25) is 0 Å². The van der Waals surface area contributed by atoms with E-state index in [1.54, 1.807) is 12.1 Å². The van der Waals surface area contributed by atoms with Crippen molar-refractivity contribution >= 4 is 16.7 Å². The third kappa shape index (κ3) is 2.63. The number of esters is 1. The number of hydrogen-bond acceptors (Lipinski definition) is 3. The van der Waals surface area contributed by atoms with Crippen LogP contribution in [0.1, 0.15) is 15.9 Å². The number of aliphatic hydroxyl groups is 1. The van der Waals surface area contributed by atoms with E-state index in [0.717, 1.165) is 10.8 Å². The summed E-state index contributed by atoms with van der Waals surface area (Å²) in [5.41, 5.74) is 1.70. The molecule has 2 aromatic carbocycles. The van der Waals surface area contributed by atoms with Gasteiger partial charge in [-0.2, -0.15) is 0 Å². The van der Waals surface area contributed by atoms with Gasteiger partial charge in [0.1, 0.15) is 6.61 Å². The van der Waals surface area contributed by atoms with Crippen LogP contribution < -0.4 is 0 Å². The molecule has 3 heteroatoms. The van der Waals surface area contributed by atoms with Crippen molar-refractivity contribution in [3.63, 3.8) is 0 Å². The van der Waals surface area contributed by atoms with Crippen LogP contribution in [0.4, 0.5) is 0 Å². The van der Waals surface area contributed by atoms with Gasteiger partial charge in [0.15, 0.2) is 0 Å². The first-order chi connectivity index (χ1) is 8.20. The van der Waals surface area contributed by atoms with Crippen LogP contribution in [0.25, 0.3) is 10.8 Å². The van der Waals surface area contributed by atoms with Crippen molar-refractivity contribution in [1.82, 2.24) is 0 Å². The summed E-state index contributed by atoms with van der Waals surface area (Å²) in [6.07, 6.45) is 0. The van der Waals surface area contributed by atoms with Crippen LogP contribution in [0.5, 0.6) is 0 Å². The van der Waals surface area contributed by atoms with Crippen LogP contribution in [0.2, 0.25) is 0 Å². The molecular formula is C14H14O3. The van der Waals surface area contributed by atoms with Crippen LogP contribution in [0.3, 0.4) is 0 Å². The van der Waals surface area contributed by atoms with E-state index >= 15 is 0 Å². The maximum Gasteiger partial charge on any atom is 0.338 e. The molecule has 0 unspecified atom stereocenters. The molecule has 0 aliphatic carbocycles. The Morgan fingerprint density at radius 1 is 1.18 bits per heavy atom. The first-order valence-electron chi connectivity index (χ1n) is 5.49. The van der Waals surface area contributed by atoms with Crippen LogP contribution in [0.15, 0.2) is 36.4 Å². The van der Waals surface area contributed by atoms with Crippen molar-refractivity contribution in [1.29, 1.82) is 0 Å². The van der Waals surface area contributed by atoms with Gasteiger partial charge in [0.05, 0.1) is 12.2 Å². The van der Waals surface area contributed by atoms with Crippen molar-refractivity contribution in [2.75, 3.05) is 13.2 Å². The third-order valence-corrected chi connectivity index (χ3v) is 2.56. The molecule has 0 atom stereocenters. The van der Waals surface area contributed by atoms with Gasteiger partial charge in [-0.25, -0.2) is 4.79 Å². The minimum Gasteiger partial charge on any atom is -0.460 e. The van der Waals surface area contributed by atoms with E-state index in [4.69, 9.17) is 9.84 Å². The number of fused-ring (bicyclic) bond motifs is 1. The number of benzene rings is 2. The van der Waals surface area contributed by atoms with Crippen molar-refractivity contribution < 1.29 is 14.6 Å². The molecule has 17 heavy (non-hydrogen) atoms. The minimum absolute atomic E-state index is 0.0325. The SMILES string of the molecule is Cc1ccc2cc(C(=O)OCCO)ccc2c1. The highest BCUT2D eigenvalue weighted by molar-refractivity contribution is 5.95. The lowest BCUT2D eigenvalue weighted by atomic mass is 10.0. The number of rotatable bonds is 3. The largest absolute Gasteiger partial charge is 0.460 e. The van der Waals surface area contributed by atoms with Crippen LogP contribution in [-0.4, -0.2) is 24.3 Å².